The van der Waals surface area contributed by atoms with Crippen LogP contribution in [0.2, 0.25) is 0 Å². The second-order valence-corrected chi connectivity index (χ2v) is 4.54. The van der Waals surface area contributed by atoms with Gasteiger partial charge in [0.1, 0.15) is 5.82 Å². The van der Waals surface area contributed by atoms with Crippen LogP contribution in [-0.2, 0) is 9.47 Å². The molecule has 19 heavy (non-hydrogen) atoms. The Hall–Kier alpha value is -1.82. The SMILES string of the molecule is COCCN(c1cc(C(=O)OC)c(N)cn1)C1CC1. The lowest BCUT2D eigenvalue weighted by molar-refractivity contribution is 0.0602. The molecule has 0 bridgehead atoms. The van der Waals surface area contributed by atoms with E-state index in [4.69, 9.17) is 15.2 Å². The Morgan fingerprint density at radius 2 is 2.26 bits per heavy atom. The molecule has 6 heteroatoms. The van der Waals surface area contributed by atoms with E-state index in [0.29, 0.717) is 23.9 Å². The van der Waals surface area contributed by atoms with Crippen molar-refractivity contribution < 1.29 is 14.3 Å². The van der Waals surface area contributed by atoms with Gasteiger partial charge in [0.25, 0.3) is 0 Å². The summed E-state index contributed by atoms with van der Waals surface area (Å²) in [4.78, 5) is 18.1. The van der Waals surface area contributed by atoms with Crippen molar-refractivity contribution >= 4 is 17.5 Å². The van der Waals surface area contributed by atoms with Gasteiger partial charge in [0, 0.05) is 19.7 Å². The van der Waals surface area contributed by atoms with Crippen molar-refractivity contribution in [3.63, 3.8) is 0 Å². The van der Waals surface area contributed by atoms with Gasteiger partial charge in [-0.05, 0) is 18.9 Å². The summed E-state index contributed by atoms with van der Waals surface area (Å²) < 4.78 is 9.83. The molecule has 0 aromatic carbocycles. The van der Waals surface area contributed by atoms with E-state index in [0.717, 1.165) is 25.2 Å². The number of carbonyl (C=O) groups excluding carboxylic acids is 1. The van der Waals surface area contributed by atoms with E-state index in [1.807, 2.05) is 0 Å². The number of ether oxygens (including phenoxy) is 2. The Bertz CT molecular complexity index is 460. The maximum atomic E-state index is 11.6. The molecular weight excluding hydrogens is 246 g/mol. The van der Waals surface area contributed by atoms with Crippen molar-refractivity contribution in [3.05, 3.63) is 17.8 Å². The molecule has 1 aromatic heterocycles. The summed E-state index contributed by atoms with van der Waals surface area (Å²) in [6.07, 6.45) is 3.79. The van der Waals surface area contributed by atoms with Crippen LogP contribution in [0.3, 0.4) is 0 Å². The normalized spacial score (nSPS) is 14.2. The lowest BCUT2D eigenvalue weighted by Gasteiger charge is -2.23. The summed E-state index contributed by atoms with van der Waals surface area (Å²) >= 11 is 0. The van der Waals surface area contributed by atoms with Gasteiger partial charge < -0.3 is 20.1 Å². The fourth-order valence-electron chi connectivity index (χ4n) is 1.96. The molecule has 0 amide bonds. The predicted molar refractivity (Wildman–Crippen MR) is 72.2 cm³/mol. The number of esters is 1. The zero-order valence-corrected chi connectivity index (χ0v) is 11.3. The summed E-state index contributed by atoms with van der Waals surface area (Å²) in [6.45, 7) is 1.37. The van der Waals surface area contributed by atoms with Crippen LogP contribution in [0.25, 0.3) is 0 Å². The molecule has 1 saturated carbocycles. The highest BCUT2D eigenvalue weighted by Crippen LogP contribution is 2.31. The topological polar surface area (TPSA) is 77.7 Å². The first kappa shape index (κ1) is 13.6. The van der Waals surface area contributed by atoms with Gasteiger partial charge in [0.05, 0.1) is 31.2 Å². The highest BCUT2D eigenvalue weighted by Gasteiger charge is 2.30. The molecule has 0 unspecified atom stereocenters. The summed E-state index contributed by atoms with van der Waals surface area (Å²) in [5, 5.41) is 0. The number of nitrogens with two attached hydrogens (primary N) is 1. The maximum Gasteiger partial charge on any atom is 0.340 e. The summed E-state index contributed by atoms with van der Waals surface area (Å²) in [5.41, 5.74) is 6.44. The number of nitrogens with zero attached hydrogens (tertiary/aromatic N) is 2. The van der Waals surface area contributed by atoms with E-state index < -0.39 is 5.97 Å². The highest BCUT2D eigenvalue weighted by molar-refractivity contribution is 5.95. The van der Waals surface area contributed by atoms with Gasteiger partial charge in [-0.2, -0.15) is 0 Å². The number of carbonyl (C=O) groups is 1. The van der Waals surface area contributed by atoms with E-state index in [1.54, 1.807) is 13.2 Å². The van der Waals surface area contributed by atoms with Crippen molar-refractivity contribution in [2.24, 2.45) is 0 Å². The molecule has 1 aliphatic carbocycles. The van der Waals surface area contributed by atoms with Crippen LogP contribution in [0.5, 0.6) is 0 Å². The van der Waals surface area contributed by atoms with Crippen molar-refractivity contribution in [3.8, 4) is 0 Å². The maximum absolute atomic E-state index is 11.6. The van der Waals surface area contributed by atoms with Gasteiger partial charge in [-0.1, -0.05) is 0 Å². The first-order chi connectivity index (χ1) is 9.17. The van der Waals surface area contributed by atoms with Crippen LogP contribution in [-0.4, -0.2) is 44.4 Å². The van der Waals surface area contributed by atoms with Crippen molar-refractivity contribution in [1.29, 1.82) is 0 Å². The third-order valence-electron chi connectivity index (χ3n) is 3.14. The monoisotopic (exact) mass is 265 g/mol. The minimum Gasteiger partial charge on any atom is -0.465 e. The fourth-order valence-corrected chi connectivity index (χ4v) is 1.96. The lowest BCUT2D eigenvalue weighted by atomic mass is 10.2. The molecule has 1 fully saturated rings. The summed E-state index contributed by atoms with van der Waals surface area (Å²) in [6, 6.07) is 2.17. The molecule has 0 aliphatic heterocycles. The second kappa shape index (κ2) is 5.88. The smallest absolute Gasteiger partial charge is 0.340 e. The van der Waals surface area contributed by atoms with E-state index in [1.165, 1.54) is 13.3 Å². The van der Waals surface area contributed by atoms with E-state index in [2.05, 4.69) is 9.88 Å². The van der Waals surface area contributed by atoms with Crippen molar-refractivity contribution in [2.45, 2.75) is 18.9 Å². The van der Waals surface area contributed by atoms with E-state index in [9.17, 15) is 4.79 Å². The van der Waals surface area contributed by atoms with Gasteiger partial charge in [-0.15, -0.1) is 0 Å². The minimum atomic E-state index is -0.441. The third kappa shape index (κ3) is 3.14. The Morgan fingerprint density at radius 1 is 1.53 bits per heavy atom. The Kier molecular flexibility index (Phi) is 4.21. The molecule has 104 valence electrons. The molecule has 6 nitrogen and oxygen atoms in total. The number of aromatic nitrogens is 1. The van der Waals surface area contributed by atoms with Crippen molar-refractivity contribution in [1.82, 2.24) is 4.98 Å². The molecule has 0 spiro atoms. The van der Waals surface area contributed by atoms with Gasteiger partial charge in [-0.3, -0.25) is 0 Å². The standard InChI is InChI=1S/C13H19N3O3/c1-18-6-5-16(9-3-4-9)12-7-10(13(17)19-2)11(14)8-15-12/h7-9H,3-6,14H2,1-2H3. The van der Waals surface area contributed by atoms with Gasteiger partial charge in [0.2, 0.25) is 0 Å². The number of hydrogen-bond acceptors (Lipinski definition) is 6. The van der Waals surface area contributed by atoms with Gasteiger partial charge in [0.15, 0.2) is 0 Å². The number of pyridine rings is 1. The first-order valence-electron chi connectivity index (χ1n) is 6.26. The number of rotatable bonds is 6. The molecular formula is C13H19N3O3. The van der Waals surface area contributed by atoms with Crippen LogP contribution < -0.4 is 10.6 Å². The van der Waals surface area contributed by atoms with Crippen LogP contribution in [0, 0.1) is 0 Å². The van der Waals surface area contributed by atoms with Gasteiger partial charge in [-0.25, -0.2) is 9.78 Å². The predicted octanol–water partition coefficient (Wildman–Crippen LogP) is 1.07. The number of anilines is 2. The molecule has 2 N–H and O–H groups in total. The Balaban J connectivity index is 2.24. The number of methoxy groups -OCH3 is 2. The Morgan fingerprint density at radius 3 is 2.84 bits per heavy atom. The second-order valence-electron chi connectivity index (χ2n) is 4.54. The molecule has 1 heterocycles. The molecule has 2 rings (SSSR count). The van der Waals surface area contributed by atoms with Crippen LogP contribution in [0.15, 0.2) is 12.3 Å². The number of nitrogen functional groups attached to an aromatic ring is 1. The fraction of sp³-hybridized carbons (Fsp3) is 0.538. The third-order valence-corrected chi connectivity index (χ3v) is 3.14. The summed E-state index contributed by atoms with van der Waals surface area (Å²) in [5.74, 6) is 0.304. The average molecular weight is 265 g/mol. The van der Waals surface area contributed by atoms with E-state index in [-0.39, 0.29) is 0 Å². The zero-order valence-electron chi connectivity index (χ0n) is 11.3. The van der Waals surface area contributed by atoms with Crippen LogP contribution in [0.4, 0.5) is 11.5 Å². The molecule has 0 saturated heterocycles. The van der Waals surface area contributed by atoms with Crippen molar-refractivity contribution in [2.75, 3.05) is 38.0 Å². The van der Waals surface area contributed by atoms with Crippen LogP contribution >= 0.6 is 0 Å². The van der Waals surface area contributed by atoms with Crippen LogP contribution in [0.1, 0.15) is 23.2 Å². The summed E-state index contributed by atoms with van der Waals surface area (Å²) in [7, 11) is 3.01. The zero-order chi connectivity index (χ0) is 13.8. The molecule has 1 aromatic rings. The molecule has 0 atom stereocenters. The number of hydrogen-bond donors (Lipinski definition) is 1. The Labute approximate surface area is 112 Å². The first-order valence-corrected chi connectivity index (χ1v) is 6.26. The van der Waals surface area contributed by atoms with E-state index >= 15 is 0 Å². The molecule has 1 aliphatic rings. The molecule has 0 radical (unpaired) electrons. The largest absolute Gasteiger partial charge is 0.465 e. The lowest BCUT2D eigenvalue weighted by Crippen LogP contribution is -2.30. The van der Waals surface area contributed by atoms with Gasteiger partial charge >= 0.3 is 5.97 Å². The minimum absolute atomic E-state index is 0.332. The highest BCUT2D eigenvalue weighted by atomic mass is 16.5. The average Bonchev–Trinajstić information content (AvgIpc) is 3.24. The quantitative estimate of drug-likeness (QED) is 0.775.